The standard InChI is InChI=1S/C27H20Cl2N2O5/c1-33-17-6-8-19(23(12-17)34-2)26-20-9-7-18(13-24(20)36-27(31)21(26)14-30)35-25(32)10-4-15-3-5-16(28)11-22(15)29/h3-13,26H,31H2,1-2H3/b10-4+. The quantitative estimate of drug-likeness (QED) is 0.246. The fraction of sp³-hybridized carbons (Fsp3) is 0.111. The third-order valence-electron chi connectivity index (χ3n) is 5.52. The van der Waals surface area contributed by atoms with Crippen molar-refractivity contribution in [3.05, 3.63) is 98.9 Å². The summed E-state index contributed by atoms with van der Waals surface area (Å²) in [6.45, 7) is 0. The fourth-order valence-corrected chi connectivity index (χ4v) is 4.29. The number of nitrogens with two attached hydrogens (primary N) is 1. The third-order valence-corrected chi connectivity index (χ3v) is 6.08. The minimum atomic E-state index is -0.619. The smallest absolute Gasteiger partial charge is 0.336 e. The maximum Gasteiger partial charge on any atom is 0.336 e. The first-order valence-corrected chi connectivity index (χ1v) is 11.4. The summed E-state index contributed by atoms with van der Waals surface area (Å²) in [7, 11) is 3.09. The Hall–Kier alpha value is -4.12. The fourth-order valence-electron chi connectivity index (χ4n) is 3.82. The van der Waals surface area contributed by atoms with Crippen molar-refractivity contribution in [3.63, 3.8) is 0 Å². The van der Waals surface area contributed by atoms with Gasteiger partial charge in [0.1, 0.15) is 34.6 Å². The average molecular weight is 523 g/mol. The average Bonchev–Trinajstić information content (AvgIpc) is 2.87. The molecule has 1 heterocycles. The van der Waals surface area contributed by atoms with Crippen LogP contribution >= 0.6 is 23.2 Å². The second kappa shape index (κ2) is 10.6. The molecule has 0 bridgehead atoms. The summed E-state index contributed by atoms with van der Waals surface area (Å²) in [6, 6.07) is 17.3. The Morgan fingerprint density at radius 1 is 1.03 bits per heavy atom. The van der Waals surface area contributed by atoms with Crippen LogP contribution in [0.3, 0.4) is 0 Å². The van der Waals surface area contributed by atoms with Crippen molar-refractivity contribution in [3.8, 4) is 29.1 Å². The minimum absolute atomic E-state index is 0.0476. The molecule has 1 aliphatic heterocycles. The first kappa shape index (κ1) is 25.0. The zero-order chi connectivity index (χ0) is 25.8. The molecule has 1 atom stereocenters. The number of methoxy groups -OCH3 is 2. The van der Waals surface area contributed by atoms with Gasteiger partial charge in [0.2, 0.25) is 5.88 Å². The largest absolute Gasteiger partial charge is 0.497 e. The Kier molecular flexibility index (Phi) is 7.39. The number of ether oxygens (including phenoxy) is 4. The van der Waals surface area contributed by atoms with Gasteiger partial charge >= 0.3 is 5.97 Å². The van der Waals surface area contributed by atoms with Crippen molar-refractivity contribution in [2.24, 2.45) is 5.73 Å². The van der Waals surface area contributed by atoms with E-state index in [2.05, 4.69) is 6.07 Å². The van der Waals surface area contributed by atoms with Crippen LogP contribution in [-0.2, 0) is 4.79 Å². The Labute approximate surface area is 217 Å². The van der Waals surface area contributed by atoms with E-state index in [9.17, 15) is 10.1 Å². The molecule has 9 heteroatoms. The van der Waals surface area contributed by atoms with Gasteiger partial charge in [0.25, 0.3) is 0 Å². The zero-order valence-corrected chi connectivity index (χ0v) is 20.8. The molecule has 0 saturated carbocycles. The highest BCUT2D eigenvalue weighted by atomic mass is 35.5. The number of nitriles is 1. The van der Waals surface area contributed by atoms with Gasteiger partial charge in [0.15, 0.2) is 0 Å². The number of nitrogens with zero attached hydrogens (tertiary/aromatic N) is 1. The van der Waals surface area contributed by atoms with Crippen LogP contribution in [0.5, 0.6) is 23.0 Å². The maximum atomic E-state index is 12.4. The molecular formula is C27H20Cl2N2O5. The van der Waals surface area contributed by atoms with Crippen LogP contribution in [0.25, 0.3) is 6.08 Å². The molecule has 3 aromatic carbocycles. The summed E-state index contributed by atoms with van der Waals surface area (Å²) in [4.78, 5) is 12.4. The van der Waals surface area contributed by atoms with Crippen LogP contribution in [0.4, 0.5) is 0 Å². The monoisotopic (exact) mass is 522 g/mol. The van der Waals surface area contributed by atoms with E-state index >= 15 is 0 Å². The van der Waals surface area contributed by atoms with E-state index in [1.165, 1.54) is 19.3 Å². The van der Waals surface area contributed by atoms with Gasteiger partial charge in [0.05, 0.1) is 20.1 Å². The lowest BCUT2D eigenvalue weighted by Gasteiger charge is -2.27. The second-order valence-electron chi connectivity index (χ2n) is 7.65. The molecule has 182 valence electrons. The molecule has 0 aromatic heterocycles. The van der Waals surface area contributed by atoms with Crippen LogP contribution in [0.1, 0.15) is 22.6 Å². The van der Waals surface area contributed by atoms with Gasteiger partial charge in [-0.15, -0.1) is 0 Å². The van der Waals surface area contributed by atoms with Crippen LogP contribution in [0, 0.1) is 11.3 Å². The van der Waals surface area contributed by atoms with Crippen molar-refractivity contribution >= 4 is 35.2 Å². The molecule has 0 spiro atoms. The number of fused-ring (bicyclic) bond motifs is 1. The highest BCUT2D eigenvalue weighted by Crippen LogP contribution is 2.46. The molecular weight excluding hydrogens is 503 g/mol. The van der Waals surface area contributed by atoms with E-state index in [0.717, 1.165) is 0 Å². The van der Waals surface area contributed by atoms with E-state index in [1.54, 1.807) is 55.6 Å². The molecule has 0 radical (unpaired) electrons. The maximum absolute atomic E-state index is 12.4. The molecule has 0 amide bonds. The number of benzene rings is 3. The molecule has 1 unspecified atom stereocenters. The Bertz CT molecular complexity index is 1440. The van der Waals surface area contributed by atoms with E-state index in [1.807, 2.05) is 6.07 Å². The molecule has 4 rings (SSSR count). The number of hydrogen-bond acceptors (Lipinski definition) is 7. The van der Waals surface area contributed by atoms with Gasteiger partial charge in [-0.1, -0.05) is 41.4 Å². The van der Waals surface area contributed by atoms with Gasteiger partial charge in [0, 0.05) is 39.4 Å². The molecule has 7 nitrogen and oxygen atoms in total. The van der Waals surface area contributed by atoms with E-state index < -0.39 is 11.9 Å². The third kappa shape index (κ3) is 5.10. The summed E-state index contributed by atoms with van der Waals surface area (Å²) in [6.07, 6.45) is 2.78. The second-order valence-corrected chi connectivity index (χ2v) is 8.50. The lowest BCUT2D eigenvalue weighted by molar-refractivity contribution is -0.128. The molecule has 36 heavy (non-hydrogen) atoms. The molecule has 2 N–H and O–H groups in total. The summed E-state index contributed by atoms with van der Waals surface area (Å²) in [5.74, 6) is 0.489. The lowest BCUT2D eigenvalue weighted by atomic mass is 9.83. The van der Waals surface area contributed by atoms with Gasteiger partial charge in [-0.05, 0) is 35.9 Å². The van der Waals surface area contributed by atoms with Gasteiger partial charge < -0.3 is 24.7 Å². The van der Waals surface area contributed by atoms with E-state index in [0.29, 0.717) is 44.0 Å². The van der Waals surface area contributed by atoms with Crippen LogP contribution < -0.4 is 24.7 Å². The Morgan fingerprint density at radius 3 is 2.47 bits per heavy atom. The number of carbonyl (C=O) groups excluding carboxylic acids is 1. The topological polar surface area (TPSA) is 104 Å². The van der Waals surface area contributed by atoms with Crippen LogP contribution in [0.15, 0.2) is 72.1 Å². The first-order valence-electron chi connectivity index (χ1n) is 10.6. The van der Waals surface area contributed by atoms with Crippen molar-refractivity contribution in [2.45, 2.75) is 5.92 Å². The number of rotatable bonds is 6. The summed E-state index contributed by atoms with van der Waals surface area (Å²) >= 11 is 12.0. The first-order chi connectivity index (χ1) is 17.3. The zero-order valence-electron chi connectivity index (χ0n) is 19.2. The summed E-state index contributed by atoms with van der Waals surface area (Å²) in [5.41, 5.74) is 8.31. The number of halogens is 2. The highest BCUT2D eigenvalue weighted by Gasteiger charge is 2.33. The van der Waals surface area contributed by atoms with Gasteiger partial charge in [-0.3, -0.25) is 0 Å². The molecule has 0 aliphatic carbocycles. The number of allylic oxidation sites excluding steroid dienone is 1. The normalized spacial score (nSPS) is 14.6. The van der Waals surface area contributed by atoms with E-state index in [4.69, 9.17) is 47.9 Å². The predicted octanol–water partition coefficient (Wildman–Crippen LogP) is 5.85. The van der Waals surface area contributed by atoms with Crippen molar-refractivity contribution in [1.82, 2.24) is 0 Å². The summed E-state index contributed by atoms with van der Waals surface area (Å²) < 4.78 is 22.0. The van der Waals surface area contributed by atoms with Gasteiger partial charge in [-0.2, -0.15) is 5.26 Å². The van der Waals surface area contributed by atoms with Gasteiger partial charge in [-0.25, -0.2) is 4.79 Å². The van der Waals surface area contributed by atoms with Crippen LogP contribution in [0.2, 0.25) is 10.0 Å². The van der Waals surface area contributed by atoms with Crippen molar-refractivity contribution in [1.29, 1.82) is 5.26 Å². The lowest BCUT2D eigenvalue weighted by Crippen LogP contribution is -2.21. The van der Waals surface area contributed by atoms with Crippen molar-refractivity contribution < 1.29 is 23.7 Å². The Balaban J connectivity index is 1.64. The SMILES string of the molecule is COc1ccc(C2C(C#N)=C(N)Oc3cc(OC(=O)/C=C/c4ccc(Cl)cc4Cl)ccc32)c(OC)c1. The molecule has 3 aromatic rings. The van der Waals surface area contributed by atoms with Crippen molar-refractivity contribution in [2.75, 3.05) is 14.2 Å². The number of hydrogen-bond donors (Lipinski definition) is 1. The minimum Gasteiger partial charge on any atom is -0.497 e. The summed E-state index contributed by atoms with van der Waals surface area (Å²) in [5, 5.41) is 10.7. The molecule has 0 fully saturated rings. The van der Waals surface area contributed by atoms with Crippen LogP contribution in [-0.4, -0.2) is 20.2 Å². The molecule has 0 saturated heterocycles. The number of carbonyl (C=O) groups is 1. The Morgan fingerprint density at radius 2 is 1.78 bits per heavy atom. The predicted molar refractivity (Wildman–Crippen MR) is 136 cm³/mol. The number of esters is 1. The highest BCUT2D eigenvalue weighted by molar-refractivity contribution is 6.35. The van der Waals surface area contributed by atoms with E-state index in [-0.39, 0.29) is 17.2 Å². The molecule has 1 aliphatic rings.